The number of benzene rings is 3. The molecule has 3 rings (SSSR count). The van der Waals surface area contributed by atoms with Gasteiger partial charge in [-0.05, 0) is 47.5 Å². The molecule has 0 bridgehead atoms. The van der Waals surface area contributed by atoms with Gasteiger partial charge in [-0.15, -0.1) is 0 Å². The Labute approximate surface area is 175 Å². The Morgan fingerprint density at radius 1 is 0.833 bits per heavy atom. The van der Waals surface area contributed by atoms with Crippen LogP contribution in [-0.4, -0.2) is 20.9 Å². The number of carbonyl (C=O) groups excluding carboxylic acids is 1. The molecule has 8 heteroatoms. The fourth-order valence-corrected chi connectivity index (χ4v) is 3.33. The van der Waals surface area contributed by atoms with Gasteiger partial charge in [-0.25, -0.2) is 13.6 Å². The summed E-state index contributed by atoms with van der Waals surface area (Å²) in [4.78, 5) is 12.1. The van der Waals surface area contributed by atoms with Crippen LogP contribution in [0.4, 0.5) is 5.69 Å². The summed E-state index contributed by atoms with van der Waals surface area (Å²) < 4.78 is 33.6. The summed E-state index contributed by atoms with van der Waals surface area (Å²) in [5.74, 6) is 0.556. The molecule has 7 nitrogen and oxygen atoms in total. The van der Waals surface area contributed by atoms with Crippen LogP contribution in [0.2, 0.25) is 0 Å². The molecule has 0 heterocycles. The molecule has 0 spiro atoms. The molecule has 0 atom stereocenters. The summed E-state index contributed by atoms with van der Waals surface area (Å²) in [5.41, 5.74) is 2.03. The zero-order chi connectivity index (χ0) is 21.4. The van der Waals surface area contributed by atoms with E-state index in [1.807, 2.05) is 30.3 Å². The quantitative estimate of drug-likeness (QED) is 0.547. The number of anilines is 1. The molecular weight excluding hydrogens is 404 g/mol. The molecule has 0 saturated carbocycles. The van der Waals surface area contributed by atoms with E-state index in [9.17, 15) is 13.2 Å². The lowest BCUT2D eigenvalue weighted by Crippen LogP contribution is -2.20. The second kappa shape index (κ2) is 9.91. The van der Waals surface area contributed by atoms with Crippen LogP contribution in [0.3, 0.4) is 0 Å². The number of ether oxygens (including phenoxy) is 2. The average molecular weight is 426 g/mol. The Balaban J connectivity index is 1.47. The highest BCUT2D eigenvalue weighted by molar-refractivity contribution is 7.88. The SMILES string of the molecule is NS(=O)(=O)Cc1cccc(NC(=O)COc2ccc(OCc3ccccc3)cc2)c1. The first-order chi connectivity index (χ1) is 14.4. The number of hydrogen-bond donors (Lipinski definition) is 2. The number of nitrogens with two attached hydrogens (primary N) is 1. The van der Waals surface area contributed by atoms with Crippen molar-refractivity contribution in [2.24, 2.45) is 5.14 Å². The van der Waals surface area contributed by atoms with E-state index in [0.717, 1.165) is 5.56 Å². The van der Waals surface area contributed by atoms with Gasteiger partial charge in [0.1, 0.15) is 18.1 Å². The van der Waals surface area contributed by atoms with E-state index in [1.165, 1.54) is 0 Å². The third kappa shape index (κ3) is 7.23. The van der Waals surface area contributed by atoms with Crippen molar-refractivity contribution in [1.29, 1.82) is 0 Å². The van der Waals surface area contributed by atoms with Crippen molar-refractivity contribution < 1.29 is 22.7 Å². The largest absolute Gasteiger partial charge is 0.489 e. The number of rotatable bonds is 9. The third-order valence-electron chi connectivity index (χ3n) is 4.02. The first-order valence-corrected chi connectivity index (χ1v) is 10.9. The molecule has 3 aromatic carbocycles. The summed E-state index contributed by atoms with van der Waals surface area (Å²) >= 11 is 0. The molecule has 156 valence electrons. The minimum atomic E-state index is -3.64. The molecule has 1 amide bonds. The van der Waals surface area contributed by atoms with Crippen molar-refractivity contribution in [2.45, 2.75) is 12.4 Å². The molecule has 30 heavy (non-hydrogen) atoms. The number of hydrogen-bond acceptors (Lipinski definition) is 5. The van der Waals surface area contributed by atoms with Gasteiger partial charge < -0.3 is 14.8 Å². The van der Waals surface area contributed by atoms with Gasteiger partial charge in [0.15, 0.2) is 6.61 Å². The van der Waals surface area contributed by atoms with E-state index in [4.69, 9.17) is 14.6 Å². The van der Waals surface area contributed by atoms with Crippen molar-refractivity contribution in [3.8, 4) is 11.5 Å². The van der Waals surface area contributed by atoms with E-state index in [2.05, 4.69) is 5.32 Å². The molecular formula is C22H22N2O5S. The van der Waals surface area contributed by atoms with Gasteiger partial charge in [0.25, 0.3) is 5.91 Å². The number of amides is 1. The molecule has 0 radical (unpaired) electrons. The van der Waals surface area contributed by atoms with Gasteiger partial charge in [-0.2, -0.15) is 0 Å². The monoisotopic (exact) mass is 426 g/mol. The van der Waals surface area contributed by atoms with Gasteiger partial charge in [0, 0.05) is 5.69 Å². The molecule has 0 aliphatic rings. The number of sulfonamides is 1. The Hall–Kier alpha value is -3.36. The molecule has 0 saturated heterocycles. The highest BCUT2D eigenvalue weighted by Crippen LogP contribution is 2.19. The lowest BCUT2D eigenvalue weighted by molar-refractivity contribution is -0.118. The molecule has 0 aliphatic carbocycles. The zero-order valence-electron chi connectivity index (χ0n) is 16.2. The highest BCUT2D eigenvalue weighted by atomic mass is 32.2. The van der Waals surface area contributed by atoms with Gasteiger partial charge in [-0.3, -0.25) is 4.79 Å². The van der Waals surface area contributed by atoms with Crippen LogP contribution in [0.15, 0.2) is 78.9 Å². The van der Waals surface area contributed by atoms with Crippen molar-refractivity contribution in [3.63, 3.8) is 0 Å². The van der Waals surface area contributed by atoms with Gasteiger partial charge in [0.2, 0.25) is 10.0 Å². The summed E-state index contributed by atoms with van der Waals surface area (Å²) in [6, 6.07) is 23.3. The Kier molecular flexibility index (Phi) is 7.05. The van der Waals surface area contributed by atoms with Crippen molar-refractivity contribution >= 4 is 21.6 Å². The predicted molar refractivity (Wildman–Crippen MR) is 115 cm³/mol. The first-order valence-electron chi connectivity index (χ1n) is 9.16. The van der Waals surface area contributed by atoms with Crippen LogP contribution in [-0.2, 0) is 27.2 Å². The van der Waals surface area contributed by atoms with Crippen LogP contribution < -0.4 is 19.9 Å². The average Bonchev–Trinajstić information content (AvgIpc) is 2.71. The standard InChI is InChI=1S/C22H22N2O5S/c23-30(26,27)16-18-7-4-8-19(13-18)24-22(25)15-29-21-11-9-20(10-12-21)28-14-17-5-2-1-3-6-17/h1-13H,14-16H2,(H,24,25)(H2,23,26,27). The minimum Gasteiger partial charge on any atom is -0.489 e. The molecule has 3 aromatic rings. The number of nitrogens with one attached hydrogen (secondary N) is 1. The Morgan fingerprint density at radius 2 is 1.47 bits per heavy atom. The van der Waals surface area contributed by atoms with Crippen LogP contribution in [0, 0.1) is 0 Å². The van der Waals surface area contributed by atoms with E-state index in [1.54, 1.807) is 48.5 Å². The van der Waals surface area contributed by atoms with Crippen LogP contribution >= 0.6 is 0 Å². The molecule has 3 N–H and O–H groups in total. The van der Waals surface area contributed by atoms with Gasteiger partial charge >= 0.3 is 0 Å². The number of primary sulfonamides is 1. The van der Waals surface area contributed by atoms with Gasteiger partial charge in [-0.1, -0.05) is 42.5 Å². The Morgan fingerprint density at radius 3 is 2.13 bits per heavy atom. The topological polar surface area (TPSA) is 108 Å². The van der Waals surface area contributed by atoms with E-state index >= 15 is 0 Å². The van der Waals surface area contributed by atoms with Crippen LogP contribution in [0.1, 0.15) is 11.1 Å². The van der Waals surface area contributed by atoms with E-state index in [-0.39, 0.29) is 18.3 Å². The third-order valence-corrected chi connectivity index (χ3v) is 4.76. The van der Waals surface area contributed by atoms with Crippen molar-refractivity contribution in [2.75, 3.05) is 11.9 Å². The molecule has 0 aromatic heterocycles. The van der Waals surface area contributed by atoms with E-state index in [0.29, 0.717) is 29.4 Å². The maximum absolute atomic E-state index is 12.1. The highest BCUT2D eigenvalue weighted by Gasteiger charge is 2.08. The second-order valence-corrected chi connectivity index (χ2v) is 8.20. The lowest BCUT2D eigenvalue weighted by Gasteiger charge is -2.10. The summed E-state index contributed by atoms with van der Waals surface area (Å²) in [7, 11) is -3.64. The van der Waals surface area contributed by atoms with Crippen molar-refractivity contribution in [3.05, 3.63) is 90.0 Å². The minimum absolute atomic E-state index is 0.191. The van der Waals surface area contributed by atoms with Crippen molar-refractivity contribution in [1.82, 2.24) is 0 Å². The fraction of sp³-hybridized carbons (Fsp3) is 0.136. The zero-order valence-corrected chi connectivity index (χ0v) is 17.0. The van der Waals surface area contributed by atoms with Crippen LogP contribution in [0.25, 0.3) is 0 Å². The first kappa shape index (κ1) is 21.4. The molecule has 0 fully saturated rings. The van der Waals surface area contributed by atoms with Gasteiger partial charge in [0.05, 0.1) is 5.75 Å². The smallest absolute Gasteiger partial charge is 0.262 e. The molecule has 0 unspecified atom stereocenters. The summed E-state index contributed by atoms with van der Waals surface area (Å²) in [6.07, 6.45) is 0. The maximum atomic E-state index is 12.1. The van der Waals surface area contributed by atoms with E-state index < -0.39 is 10.0 Å². The maximum Gasteiger partial charge on any atom is 0.262 e. The molecule has 0 aliphatic heterocycles. The predicted octanol–water partition coefficient (Wildman–Crippen LogP) is 3.07. The summed E-state index contributed by atoms with van der Waals surface area (Å²) in [5, 5.41) is 7.71. The van der Waals surface area contributed by atoms with Crippen LogP contribution in [0.5, 0.6) is 11.5 Å². The normalized spacial score (nSPS) is 11.0. The summed E-state index contributed by atoms with van der Waals surface area (Å²) in [6.45, 7) is 0.275. The second-order valence-electron chi connectivity index (χ2n) is 6.59. The fourth-order valence-electron chi connectivity index (χ4n) is 2.69. The Bertz CT molecular complexity index is 1080. The number of carbonyl (C=O) groups is 1. The lowest BCUT2D eigenvalue weighted by atomic mass is 10.2.